The van der Waals surface area contributed by atoms with Crippen molar-refractivity contribution < 1.29 is 23.0 Å². The van der Waals surface area contributed by atoms with Gasteiger partial charge in [0.1, 0.15) is 18.0 Å². The molecule has 19 heavy (non-hydrogen) atoms. The van der Waals surface area contributed by atoms with Crippen LogP contribution in [0.1, 0.15) is 13.8 Å². The molecular formula is C13H17F2NO3. The van der Waals surface area contributed by atoms with Crippen LogP contribution in [0.5, 0.6) is 5.75 Å². The van der Waals surface area contributed by atoms with Gasteiger partial charge in [-0.15, -0.1) is 0 Å². The first kappa shape index (κ1) is 15.4. The number of halogens is 2. The fourth-order valence-electron chi connectivity index (χ4n) is 1.61. The molecule has 1 N–H and O–H groups in total. The van der Waals surface area contributed by atoms with Crippen LogP contribution in [0.25, 0.3) is 0 Å². The second-order valence-electron chi connectivity index (χ2n) is 4.22. The molecule has 0 saturated heterocycles. The lowest BCUT2D eigenvalue weighted by Crippen LogP contribution is -2.54. The highest BCUT2D eigenvalue weighted by molar-refractivity contribution is 5.80. The first-order valence-electron chi connectivity index (χ1n) is 5.84. The molecule has 0 aromatic heterocycles. The van der Waals surface area contributed by atoms with Crippen molar-refractivity contribution in [2.24, 2.45) is 0 Å². The second kappa shape index (κ2) is 6.47. The summed E-state index contributed by atoms with van der Waals surface area (Å²) in [5.41, 5.74) is -1.12. The van der Waals surface area contributed by atoms with Crippen LogP contribution in [0.15, 0.2) is 18.2 Å². The second-order valence-corrected chi connectivity index (χ2v) is 4.22. The molecule has 0 aliphatic rings. The summed E-state index contributed by atoms with van der Waals surface area (Å²) in [6.45, 7) is 3.71. The van der Waals surface area contributed by atoms with Crippen molar-refractivity contribution in [3.63, 3.8) is 0 Å². The highest BCUT2D eigenvalue weighted by Gasteiger charge is 2.34. The Hall–Kier alpha value is -1.69. The van der Waals surface area contributed by atoms with Crippen LogP contribution in [-0.4, -0.2) is 31.8 Å². The summed E-state index contributed by atoms with van der Waals surface area (Å²) < 4.78 is 36.2. The predicted molar refractivity (Wildman–Crippen MR) is 66.0 cm³/mol. The Morgan fingerprint density at radius 3 is 2.68 bits per heavy atom. The van der Waals surface area contributed by atoms with Crippen LogP contribution in [0.3, 0.4) is 0 Å². The Morgan fingerprint density at radius 1 is 1.42 bits per heavy atom. The monoisotopic (exact) mass is 273 g/mol. The summed E-state index contributed by atoms with van der Waals surface area (Å²) >= 11 is 0. The standard InChI is InChI=1S/C13H17F2NO3/c1-4-16-13(2,12(17)18-3)8-19-11-7-9(14)5-6-10(11)15/h5-7,16H,4,8H2,1-3H3. The lowest BCUT2D eigenvalue weighted by molar-refractivity contribution is -0.149. The quantitative estimate of drug-likeness (QED) is 0.804. The summed E-state index contributed by atoms with van der Waals surface area (Å²) in [5, 5.41) is 2.90. The molecule has 0 fully saturated rings. The fourth-order valence-corrected chi connectivity index (χ4v) is 1.61. The highest BCUT2D eigenvalue weighted by Crippen LogP contribution is 2.19. The van der Waals surface area contributed by atoms with Gasteiger partial charge in [0.05, 0.1) is 7.11 Å². The van der Waals surface area contributed by atoms with E-state index in [0.29, 0.717) is 6.54 Å². The van der Waals surface area contributed by atoms with E-state index in [2.05, 4.69) is 10.1 Å². The Morgan fingerprint density at radius 2 is 2.11 bits per heavy atom. The number of hydrogen-bond acceptors (Lipinski definition) is 4. The minimum Gasteiger partial charge on any atom is -0.488 e. The molecule has 1 rings (SSSR count). The third-order valence-corrected chi connectivity index (χ3v) is 2.61. The number of carbonyl (C=O) groups excluding carboxylic acids is 1. The zero-order chi connectivity index (χ0) is 14.5. The number of carbonyl (C=O) groups is 1. The van der Waals surface area contributed by atoms with Gasteiger partial charge in [0.15, 0.2) is 11.6 Å². The topological polar surface area (TPSA) is 47.6 Å². The molecular weight excluding hydrogens is 256 g/mol. The third kappa shape index (κ3) is 3.89. The maximum atomic E-state index is 13.4. The molecule has 1 atom stereocenters. The highest BCUT2D eigenvalue weighted by atomic mass is 19.1. The number of rotatable bonds is 6. The number of nitrogens with one attached hydrogen (secondary N) is 1. The molecule has 1 aromatic rings. The van der Waals surface area contributed by atoms with Gasteiger partial charge in [-0.25, -0.2) is 13.6 Å². The van der Waals surface area contributed by atoms with Gasteiger partial charge in [-0.2, -0.15) is 0 Å². The maximum Gasteiger partial charge on any atom is 0.329 e. The maximum absolute atomic E-state index is 13.4. The normalized spacial score (nSPS) is 13.7. The Bertz CT molecular complexity index is 454. The number of methoxy groups -OCH3 is 1. The van der Waals surface area contributed by atoms with Gasteiger partial charge in [0.25, 0.3) is 0 Å². The zero-order valence-electron chi connectivity index (χ0n) is 11.1. The number of likely N-dealkylation sites (N-methyl/N-ethyl adjacent to an activating group) is 1. The summed E-state index contributed by atoms with van der Waals surface area (Å²) in [6.07, 6.45) is 0. The number of esters is 1. The molecule has 106 valence electrons. The molecule has 0 aliphatic heterocycles. The Kier molecular flexibility index (Phi) is 5.23. The molecule has 4 nitrogen and oxygen atoms in total. The summed E-state index contributed by atoms with van der Waals surface area (Å²) in [4.78, 5) is 11.7. The molecule has 0 bridgehead atoms. The molecule has 0 heterocycles. The number of benzene rings is 1. The van der Waals surface area contributed by atoms with E-state index < -0.39 is 23.1 Å². The smallest absolute Gasteiger partial charge is 0.329 e. The molecule has 0 radical (unpaired) electrons. The molecule has 0 spiro atoms. The summed E-state index contributed by atoms with van der Waals surface area (Å²) in [6, 6.07) is 2.89. The molecule has 0 amide bonds. The van der Waals surface area contributed by atoms with E-state index in [1.807, 2.05) is 6.92 Å². The van der Waals surface area contributed by atoms with E-state index in [9.17, 15) is 13.6 Å². The van der Waals surface area contributed by atoms with E-state index in [-0.39, 0.29) is 12.4 Å². The van der Waals surface area contributed by atoms with Crippen molar-refractivity contribution >= 4 is 5.97 Å². The third-order valence-electron chi connectivity index (χ3n) is 2.61. The van der Waals surface area contributed by atoms with E-state index in [4.69, 9.17) is 4.74 Å². The summed E-state index contributed by atoms with van der Waals surface area (Å²) in [7, 11) is 1.25. The minimum absolute atomic E-state index is 0.173. The lowest BCUT2D eigenvalue weighted by Gasteiger charge is -2.27. The molecule has 1 aromatic carbocycles. The SMILES string of the molecule is CCNC(C)(COc1cc(F)ccc1F)C(=O)OC. The van der Waals surface area contributed by atoms with Crippen molar-refractivity contribution in [1.29, 1.82) is 0 Å². The van der Waals surface area contributed by atoms with Gasteiger partial charge in [-0.05, 0) is 25.6 Å². The van der Waals surface area contributed by atoms with Crippen molar-refractivity contribution in [2.45, 2.75) is 19.4 Å². The van der Waals surface area contributed by atoms with Crippen molar-refractivity contribution in [3.05, 3.63) is 29.8 Å². The van der Waals surface area contributed by atoms with Gasteiger partial charge < -0.3 is 9.47 Å². The Labute approximate surface area is 110 Å². The van der Waals surface area contributed by atoms with Crippen LogP contribution in [0, 0.1) is 11.6 Å². The molecule has 0 saturated carbocycles. The average molecular weight is 273 g/mol. The van der Waals surface area contributed by atoms with E-state index in [1.165, 1.54) is 7.11 Å². The van der Waals surface area contributed by atoms with Gasteiger partial charge >= 0.3 is 5.97 Å². The predicted octanol–water partition coefficient (Wildman–Crippen LogP) is 1.88. The van der Waals surface area contributed by atoms with Crippen molar-refractivity contribution in [1.82, 2.24) is 5.32 Å². The average Bonchev–Trinajstić information content (AvgIpc) is 2.39. The number of hydrogen-bond donors (Lipinski definition) is 1. The number of ether oxygens (including phenoxy) is 2. The van der Waals surface area contributed by atoms with Gasteiger partial charge in [-0.1, -0.05) is 6.92 Å². The van der Waals surface area contributed by atoms with Gasteiger partial charge in [0.2, 0.25) is 0 Å². The van der Waals surface area contributed by atoms with Crippen LogP contribution < -0.4 is 10.1 Å². The van der Waals surface area contributed by atoms with Crippen LogP contribution in [0.2, 0.25) is 0 Å². The fraction of sp³-hybridized carbons (Fsp3) is 0.462. The zero-order valence-corrected chi connectivity index (χ0v) is 11.1. The van der Waals surface area contributed by atoms with E-state index in [0.717, 1.165) is 18.2 Å². The molecule has 6 heteroatoms. The van der Waals surface area contributed by atoms with Crippen LogP contribution in [0.4, 0.5) is 8.78 Å². The van der Waals surface area contributed by atoms with Crippen molar-refractivity contribution in [3.8, 4) is 5.75 Å². The summed E-state index contributed by atoms with van der Waals surface area (Å²) in [5.74, 6) is -2.08. The lowest BCUT2D eigenvalue weighted by atomic mass is 10.0. The first-order valence-corrected chi connectivity index (χ1v) is 5.84. The minimum atomic E-state index is -1.12. The van der Waals surface area contributed by atoms with E-state index >= 15 is 0 Å². The molecule has 0 aliphatic carbocycles. The van der Waals surface area contributed by atoms with Crippen molar-refractivity contribution in [2.75, 3.05) is 20.3 Å². The molecule has 1 unspecified atom stereocenters. The van der Waals surface area contributed by atoms with Crippen LogP contribution >= 0.6 is 0 Å². The van der Waals surface area contributed by atoms with Gasteiger partial charge in [0, 0.05) is 6.07 Å². The largest absolute Gasteiger partial charge is 0.488 e. The first-order chi connectivity index (χ1) is 8.92. The van der Waals surface area contributed by atoms with E-state index in [1.54, 1.807) is 6.92 Å². The van der Waals surface area contributed by atoms with Gasteiger partial charge in [-0.3, -0.25) is 5.32 Å². The Balaban J connectivity index is 2.81. The van der Waals surface area contributed by atoms with Crippen LogP contribution in [-0.2, 0) is 9.53 Å².